The first-order valence-corrected chi connectivity index (χ1v) is 16.7. The fourth-order valence-corrected chi connectivity index (χ4v) is 9.40. The van der Waals surface area contributed by atoms with E-state index in [0.29, 0.717) is 17.9 Å². The largest absolute Gasteiger partial charge is 0.337 e. The maximum absolute atomic E-state index is 2.69. The van der Waals surface area contributed by atoms with Crippen molar-refractivity contribution in [2.45, 2.75) is 37.1 Å². The number of para-hydroxylation sites is 1. The molecule has 1 nitrogen and oxygen atoms in total. The first-order chi connectivity index (χ1) is 21.8. The smallest absolute Gasteiger partial charge is 0.0493 e. The van der Waals surface area contributed by atoms with E-state index in [1.807, 2.05) is 11.3 Å². The van der Waals surface area contributed by atoms with Gasteiger partial charge in [-0.05, 0) is 83.3 Å². The molecule has 3 atom stereocenters. The van der Waals surface area contributed by atoms with Crippen LogP contribution in [0.1, 0.15) is 42.2 Å². The van der Waals surface area contributed by atoms with Gasteiger partial charge in [-0.2, -0.15) is 0 Å². The Morgan fingerprint density at radius 2 is 1.27 bits per heavy atom. The Labute approximate surface area is 263 Å². The maximum atomic E-state index is 2.69. The number of hydrogen-bond donors (Lipinski definition) is 0. The van der Waals surface area contributed by atoms with Crippen LogP contribution in [0.4, 0.5) is 11.4 Å². The molecule has 2 aliphatic rings. The van der Waals surface area contributed by atoms with E-state index in [-0.39, 0.29) is 0 Å². The molecule has 6 aromatic carbocycles. The molecule has 1 aliphatic carbocycles. The van der Waals surface area contributed by atoms with E-state index < -0.39 is 0 Å². The molecule has 3 unspecified atom stereocenters. The quantitative estimate of drug-likeness (QED) is 0.200. The third-order valence-electron chi connectivity index (χ3n) is 10.1. The number of fused-ring (bicyclic) bond motifs is 8. The fourth-order valence-electron chi connectivity index (χ4n) is 8.11. The molecule has 0 radical (unpaired) electrons. The summed E-state index contributed by atoms with van der Waals surface area (Å²) < 4.78 is 2.87. The molecule has 0 saturated heterocycles. The lowest BCUT2D eigenvalue weighted by molar-refractivity contribution is 0.347. The summed E-state index contributed by atoms with van der Waals surface area (Å²) in [6.07, 6.45) is 3.50. The van der Waals surface area contributed by atoms with Gasteiger partial charge in [0.1, 0.15) is 0 Å². The Balaban J connectivity index is 1.21. The summed E-state index contributed by atoms with van der Waals surface area (Å²) in [5.41, 5.74) is 10.9. The summed E-state index contributed by atoms with van der Waals surface area (Å²) in [5.74, 6) is 0.946. The topological polar surface area (TPSA) is 3.24 Å². The number of benzene rings is 6. The van der Waals surface area contributed by atoms with E-state index >= 15 is 0 Å². The molecule has 0 N–H and O–H groups in total. The van der Waals surface area contributed by atoms with Gasteiger partial charge in [0.25, 0.3) is 0 Å². The van der Waals surface area contributed by atoms with Gasteiger partial charge in [-0.15, -0.1) is 11.3 Å². The number of hydrogen-bond acceptors (Lipinski definition) is 2. The molecule has 1 aromatic heterocycles. The minimum absolute atomic E-state index is 0.389. The molecule has 44 heavy (non-hydrogen) atoms. The summed E-state index contributed by atoms with van der Waals surface area (Å²) in [7, 11) is 0. The molecule has 0 bridgehead atoms. The average molecular weight is 584 g/mol. The molecule has 7 aromatic rings. The SMILES string of the molecule is c1ccc(-c2ccc3c(c2)-c2ccccc2C2CC(c4cccc5c4sc4ccccc45)CCC2N3c2ccccc2)cc1. The minimum Gasteiger partial charge on any atom is -0.337 e. The van der Waals surface area contributed by atoms with Gasteiger partial charge in [0, 0.05) is 49.1 Å². The van der Waals surface area contributed by atoms with Crippen molar-refractivity contribution in [1.82, 2.24) is 0 Å². The van der Waals surface area contributed by atoms with Crippen molar-refractivity contribution in [1.29, 1.82) is 0 Å². The molecular weight excluding hydrogens is 551 g/mol. The van der Waals surface area contributed by atoms with Gasteiger partial charge in [-0.25, -0.2) is 0 Å². The van der Waals surface area contributed by atoms with Crippen molar-refractivity contribution >= 4 is 42.9 Å². The molecule has 2 heteroatoms. The van der Waals surface area contributed by atoms with E-state index in [9.17, 15) is 0 Å². The van der Waals surface area contributed by atoms with Crippen LogP contribution in [0.25, 0.3) is 42.4 Å². The van der Waals surface area contributed by atoms with Crippen molar-refractivity contribution in [3.05, 3.63) is 157 Å². The summed E-state index contributed by atoms with van der Waals surface area (Å²) in [5, 5.41) is 2.81. The summed E-state index contributed by atoms with van der Waals surface area (Å²) in [6.45, 7) is 0. The fraction of sp³-hybridized carbons (Fsp3) is 0.143. The van der Waals surface area contributed by atoms with Crippen LogP contribution in [0.15, 0.2) is 146 Å². The second-order valence-electron chi connectivity index (χ2n) is 12.4. The van der Waals surface area contributed by atoms with Gasteiger partial charge >= 0.3 is 0 Å². The molecular formula is C42H33NS. The Hall–Kier alpha value is -4.66. The number of anilines is 2. The standard InChI is InChI=1S/C42H33NS/c1-3-12-28(13-4-1)29-22-24-39-37(26-29)33-16-7-8-17-34(33)38-27-30(23-25-40(38)43(39)31-14-5-2-6-15-31)32-19-11-20-36-35-18-9-10-21-41(35)44-42(32)36/h1-22,24,26,30,38,40H,23,25,27H2. The van der Waals surface area contributed by atoms with Crippen molar-refractivity contribution in [2.24, 2.45) is 0 Å². The van der Waals surface area contributed by atoms with Crippen molar-refractivity contribution in [3.8, 4) is 22.3 Å². The summed E-state index contributed by atoms with van der Waals surface area (Å²) in [6, 6.07) is 54.7. The van der Waals surface area contributed by atoms with Gasteiger partial charge in [0.2, 0.25) is 0 Å². The molecule has 0 amide bonds. The normalized spacial score (nSPS) is 19.3. The van der Waals surface area contributed by atoms with Crippen LogP contribution in [-0.4, -0.2) is 6.04 Å². The molecule has 1 saturated carbocycles. The highest BCUT2D eigenvalue weighted by atomic mass is 32.1. The van der Waals surface area contributed by atoms with E-state index in [1.165, 1.54) is 65.8 Å². The van der Waals surface area contributed by atoms with Crippen molar-refractivity contribution in [2.75, 3.05) is 4.90 Å². The number of thiophene rings is 1. The van der Waals surface area contributed by atoms with E-state index in [4.69, 9.17) is 0 Å². The van der Waals surface area contributed by atoms with Crippen LogP contribution in [-0.2, 0) is 0 Å². The zero-order valence-corrected chi connectivity index (χ0v) is 25.4. The van der Waals surface area contributed by atoms with Gasteiger partial charge in [0.15, 0.2) is 0 Å². The lowest BCUT2D eigenvalue weighted by atomic mass is 9.71. The molecule has 9 rings (SSSR count). The van der Waals surface area contributed by atoms with Crippen LogP contribution >= 0.6 is 11.3 Å². The Kier molecular flexibility index (Phi) is 6.16. The predicted molar refractivity (Wildman–Crippen MR) is 188 cm³/mol. The highest BCUT2D eigenvalue weighted by Crippen LogP contribution is 2.54. The van der Waals surface area contributed by atoms with Crippen molar-refractivity contribution < 1.29 is 0 Å². The van der Waals surface area contributed by atoms with Gasteiger partial charge in [0.05, 0.1) is 0 Å². The zero-order valence-electron chi connectivity index (χ0n) is 24.6. The second kappa shape index (κ2) is 10.5. The second-order valence-corrected chi connectivity index (χ2v) is 13.4. The van der Waals surface area contributed by atoms with E-state index in [1.54, 1.807) is 5.56 Å². The van der Waals surface area contributed by atoms with Crippen LogP contribution in [0.3, 0.4) is 0 Å². The number of rotatable bonds is 3. The lowest BCUT2D eigenvalue weighted by Crippen LogP contribution is -2.39. The highest BCUT2D eigenvalue weighted by Gasteiger charge is 2.41. The Morgan fingerprint density at radius 3 is 2.16 bits per heavy atom. The van der Waals surface area contributed by atoms with Gasteiger partial charge in [-0.1, -0.05) is 115 Å². The third kappa shape index (κ3) is 4.12. The zero-order chi connectivity index (χ0) is 29.0. The average Bonchev–Trinajstić information content (AvgIpc) is 3.43. The van der Waals surface area contributed by atoms with E-state index in [0.717, 1.165) is 12.8 Å². The summed E-state index contributed by atoms with van der Waals surface area (Å²) in [4.78, 5) is 2.69. The highest BCUT2D eigenvalue weighted by molar-refractivity contribution is 7.26. The first kappa shape index (κ1) is 25.8. The van der Waals surface area contributed by atoms with Crippen molar-refractivity contribution in [3.63, 3.8) is 0 Å². The molecule has 1 aliphatic heterocycles. The van der Waals surface area contributed by atoms with E-state index in [2.05, 4.69) is 150 Å². The third-order valence-corrected chi connectivity index (χ3v) is 11.3. The summed E-state index contributed by atoms with van der Waals surface area (Å²) >= 11 is 1.98. The Morgan fingerprint density at radius 1 is 0.545 bits per heavy atom. The molecule has 0 spiro atoms. The molecule has 1 fully saturated rings. The van der Waals surface area contributed by atoms with Gasteiger partial charge < -0.3 is 4.90 Å². The Bertz CT molecular complexity index is 2130. The van der Waals surface area contributed by atoms with Crippen LogP contribution in [0.5, 0.6) is 0 Å². The number of nitrogens with zero attached hydrogens (tertiary/aromatic N) is 1. The predicted octanol–water partition coefficient (Wildman–Crippen LogP) is 12.0. The van der Waals surface area contributed by atoms with Crippen LogP contribution < -0.4 is 4.90 Å². The minimum atomic E-state index is 0.389. The lowest BCUT2D eigenvalue weighted by Gasteiger charge is -2.43. The first-order valence-electron chi connectivity index (χ1n) is 15.9. The monoisotopic (exact) mass is 583 g/mol. The molecule has 212 valence electrons. The van der Waals surface area contributed by atoms with Crippen LogP contribution in [0, 0.1) is 0 Å². The van der Waals surface area contributed by atoms with Gasteiger partial charge in [-0.3, -0.25) is 0 Å². The maximum Gasteiger partial charge on any atom is 0.0493 e. The van der Waals surface area contributed by atoms with Crippen LogP contribution in [0.2, 0.25) is 0 Å². The molecule has 2 heterocycles.